The lowest BCUT2D eigenvalue weighted by Gasteiger charge is -2.21. The monoisotopic (exact) mass is 312 g/mol. The molecule has 0 aliphatic carbocycles. The molecule has 1 atom stereocenters. The highest BCUT2D eigenvalue weighted by Crippen LogP contribution is 2.27. The Hall–Kier alpha value is -1.18. The summed E-state index contributed by atoms with van der Waals surface area (Å²) in [5.74, 6) is 6.03. The second kappa shape index (κ2) is 7.20. The molecule has 7 heteroatoms. The van der Waals surface area contributed by atoms with Gasteiger partial charge in [0.1, 0.15) is 0 Å². The van der Waals surface area contributed by atoms with E-state index in [1.54, 1.807) is 16.4 Å². The van der Waals surface area contributed by atoms with Gasteiger partial charge < -0.3 is 5.43 Å². The number of nitrogens with two attached hydrogens (primary N) is 1. The van der Waals surface area contributed by atoms with Crippen LogP contribution in [0.5, 0.6) is 0 Å². The first-order valence-corrected chi connectivity index (χ1v) is 8.95. The summed E-state index contributed by atoms with van der Waals surface area (Å²) in [6, 6.07) is 3.28. The molecule has 21 heavy (non-hydrogen) atoms. The van der Waals surface area contributed by atoms with Crippen molar-refractivity contribution in [2.24, 2.45) is 11.8 Å². The first-order chi connectivity index (χ1) is 10.1. The van der Waals surface area contributed by atoms with Crippen molar-refractivity contribution in [2.75, 3.05) is 18.5 Å². The Balaban J connectivity index is 2.19. The van der Waals surface area contributed by atoms with Crippen LogP contribution in [0.4, 0.5) is 5.69 Å². The summed E-state index contributed by atoms with van der Waals surface area (Å²) in [6.45, 7) is 3.29. The number of hydrogen-bond acceptors (Lipinski definition) is 5. The van der Waals surface area contributed by atoms with Crippen LogP contribution in [-0.2, 0) is 10.0 Å². The third-order valence-corrected chi connectivity index (χ3v) is 5.87. The Labute approximate surface area is 126 Å². The van der Waals surface area contributed by atoms with E-state index in [-0.39, 0.29) is 5.03 Å². The van der Waals surface area contributed by atoms with Crippen molar-refractivity contribution < 1.29 is 8.42 Å². The lowest BCUT2D eigenvalue weighted by Crippen LogP contribution is -2.33. The van der Waals surface area contributed by atoms with Crippen LogP contribution in [-0.4, -0.2) is 30.8 Å². The quantitative estimate of drug-likeness (QED) is 0.641. The van der Waals surface area contributed by atoms with Gasteiger partial charge in [0.15, 0.2) is 5.03 Å². The third kappa shape index (κ3) is 3.72. The molecule has 6 nitrogen and oxygen atoms in total. The van der Waals surface area contributed by atoms with E-state index in [1.165, 1.54) is 12.6 Å². The van der Waals surface area contributed by atoms with Crippen LogP contribution in [0.3, 0.4) is 0 Å². The number of pyridine rings is 1. The van der Waals surface area contributed by atoms with Gasteiger partial charge in [-0.3, -0.25) is 5.84 Å². The Morgan fingerprint density at radius 2 is 2.24 bits per heavy atom. The lowest BCUT2D eigenvalue weighted by molar-refractivity contribution is 0.399. The molecule has 0 amide bonds. The van der Waals surface area contributed by atoms with Crippen molar-refractivity contribution in [1.29, 1.82) is 0 Å². The number of sulfonamides is 1. The van der Waals surface area contributed by atoms with E-state index in [4.69, 9.17) is 5.84 Å². The third-order valence-electron chi connectivity index (χ3n) is 4.01. The molecular weight excluding hydrogens is 288 g/mol. The van der Waals surface area contributed by atoms with Gasteiger partial charge in [-0.1, -0.05) is 19.8 Å². The lowest BCUT2D eigenvalue weighted by atomic mass is 9.96. The highest BCUT2D eigenvalue weighted by Gasteiger charge is 2.30. The normalized spacial score (nSPS) is 21.0. The van der Waals surface area contributed by atoms with Gasteiger partial charge in [0, 0.05) is 19.3 Å². The summed E-state index contributed by atoms with van der Waals surface area (Å²) in [5.41, 5.74) is 2.76. The van der Waals surface area contributed by atoms with Crippen LogP contribution in [0.1, 0.15) is 39.0 Å². The van der Waals surface area contributed by atoms with Crippen molar-refractivity contribution in [1.82, 2.24) is 9.29 Å². The summed E-state index contributed by atoms with van der Waals surface area (Å²) >= 11 is 0. The molecule has 1 aliphatic heterocycles. The second-order valence-corrected chi connectivity index (χ2v) is 7.34. The van der Waals surface area contributed by atoms with E-state index in [0.29, 0.717) is 24.7 Å². The second-order valence-electron chi connectivity index (χ2n) is 5.49. The number of hydrogen-bond donors (Lipinski definition) is 2. The topological polar surface area (TPSA) is 88.3 Å². The zero-order valence-corrected chi connectivity index (χ0v) is 13.3. The number of nitrogens with zero attached hydrogens (tertiary/aromatic N) is 2. The number of anilines is 1. The van der Waals surface area contributed by atoms with E-state index in [9.17, 15) is 8.42 Å². The fourth-order valence-corrected chi connectivity index (χ4v) is 4.46. The van der Waals surface area contributed by atoms with Gasteiger partial charge >= 0.3 is 0 Å². The molecule has 118 valence electrons. The largest absolute Gasteiger partial charge is 0.321 e. The van der Waals surface area contributed by atoms with Gasteiger partial charge in [0.2, 0.25) is 0 Å². The molecule has 0 aromatic carbocycles. The summed E-state index contributed by atoms with van der Waals surface area (Å²) in [5, 5.41) is 0.0152. The fraction of sp³-hybridized carbons (Fsp3) is 0.643. The maximum absolute atomic E-state index is 12.8. The summed E-state index contributed by atoms with van der Waals surface area (Å²) in [6.07, 6.45) is 6.73. The highest BCUT2D eigenvalue weighted by molar-refractivity contribution is 7.89. The molecule has 1 aliphatic rings. The van der Waals surface area contributed by atoms with Crippen LogP contribution < -0.4 is 11.3 Å². The van der Waals surface area contributed by atoms with Crippen molar-refractivity contribution in [3.8, 4) is 0 Å². The van der Waals surface area contributed by atoms with Gasteiger partial charge in [-0.2, -0.15) is 4.31 Å². The van der Waals surface area contributed by atoms with Crippen LogP contribution >= 0.6 is 0 Å². The van der Waals surface area contributed by atoms with Gasteiger partial charge in [0.25, 0.3) is 10.0 Å². The Morgan fingerprint density at radius 1 is 1.43 bits per heavy atom. The van der Waals surface area contributed by atoms with Crippen molar-refractivity contribution >= 4 is 15.7 Å². The zero-order chi connectivity index (χ0) is 15.3. The fourth-order valence-electron chi connectivity index (χ4n) is 2.90. The summed E-state index contributed by atoms with van der Waals surface area (Å²) in [7, 11) is -3.59. The molecule has 1 aromatic rings. The minimum absolute atomic E-state index is 0.0152. The van der Waals surface area contributed by atoms with Crippen molar-refractivity contribution in [3.05, 3.63) is 18.3 Å². The van der Waals surface area contributed by atoms with Crippen molar-refractivity contribution in [3.63, 3.8) is 0 Å². The van der Waals surface area contributed by atoms with E-state index in [2.05, 4.69) is 17.3 Å². The Kier molecular flexibility index (Phi) is 5.55. The first kappa shape index (κ1) is 16.2. The average molecular weight is 312 g/mol. The van der Waals surface area contributed by atoms with E-state index >= 15 is 0 Å². The minimum atomic E-state index is -3.59. The van der Waals surface area contributed by atoms with E-state index in [0.717, 1.165) is 25.7 Å². The first-order valence-electron chi connectivity index (χ1n) is 7.51. The van der Waals surface area contributed by atoms with Gasteiger partial charge in [-0.05, 0) is 37.3 Å². The molecule has 1 fully saturated rings. The number of nitrogens with one attached hydrogen (secondary N) is 1. The smallest absolute Gasteiger partial charge is 0.262 e. The number of nitrogen functional groups attached to an aromatic ring is 1. The highest BCUT2D eigenvalue weighted by atomic mass is 32.2. The maximum atomic E-state index is 12.8. The average Bonchev–Trinajstić information content (AvgIpc) is 2.74. The Morgan fingerprint density at radius 3 is 2.95 bits per heavy atom. The molecule has 0 saturated carbocycles. The molecule has 0 spiro atoms. The summed E-state index contributed by atoms with van der Waals surface area (Å²) < 4.78 is 27.1. The maximum Gasteiger partial charge on any atom is 0.262 e. The van der Waals surface area contributed by atoms with Crippen LogP contribution in [0.15, 0.2) is 23.4 Å². The van der Waals surface area contributed by atoms with Gasteiger partial charge in [0.05, 0.1) is 5.69 Å². The molecule has 2 heterocycles. The molecule has 1 aromatic heterocycles. The van der Waals surface area contributed by atoms with Gasteiger partial charge in [-0.25, -0.2) is 13.4 Å². The predicted octanol–water partition coefficient (Wildman–Crippen LogP) is 1.96. The van der Waals surface area contributed by atoms with E-state index in [1.807, 2.05) is 0 Å². The summed E-state index contributed by atoms with van der Waals surface area (Å²) in [4.78, 5) is 4.01. The molecule has 0 radical (unpaired) electrons. The standard InChI is InChI=1S/C14H24N4O2S/c1-2-5-12-6-4-10-18(11-8-12)21(19,20)14-13(17-15)7-3-9-16-14/h3,7,9,12,17H,2,4-6,8,10-11,15H2,1H3. The van der Waals surface area contributed by atoms with Crippen LogP contribution in [0, 0.1) is 5.92 Å². The van der Waals surface area contributed by atoms with Crippen molar-refractivity contribution in [2.45, 2.75) is 44.1 Å². The number of rotatable bonds is 5. The van der Waals surface area contributed by atoms with E-state index < -0.39 is 10.0 Å². The zero-order valence-electron chi connectivity index (χ0n) is 12.5. The number of aromatic nitrogens is 1. The number of hydrazine groups is 1. The minimum Gasteiger partial charge on any atom is -0.321 e. The molecule has 1 unspecified atom stereocenters. The SMILES string of the molecule is CCCC1CCCN(S(=O)(=O)c2ncccc2NN)CC1. The molecule has 1 saturated heterocycles. The van der Waals surface area contributed by atoms with Crippen LogP contribution in [0.25, 0.3) is 0 Å². The molecule has 0 bridgehead atoms. The molecular formula is C14H24N4O2S. The molecule has 2 rings (SSSR count). The van der Waals surface area contributed by atoms with Crippen LogP contribution in [0.2, 0.25) is 0 Å². The Bertz CT molecular complexity index is 562. The molecule has 3 N–H and O–H groups in total. The van der Waals surface area contributed by atoms with Gasteiger partial charge in [-0.15, -0.1) is 0 Å². The predicted molar refractivity (Wildman–Crippen MR) is 83.1 cm³/mol.